The normalized spacial score (nSPS) is 14.5. The Labute approximate surface area is 182 Å². The lowest BCUT2D eigenvalue weighted by molar-refractivity contribution is 0.101. The molecule has 0 aromatic heterocycles. The maximum Gasteiger partial charge on any atom is 0.272 e. The second-order valence-electron chi connectivity index (χ2n) is 7.58. The summed E-state index contributed by atoms with van der Waals surface area (Å²) in [7, 11) is -4.15. The number of anilines is 1. The molecule has 31 heavy (non-hydrogen) atoms. The van der Waals surface area contributed by atoms with Gasteiger partial charge in [-0.1, -0.05) is 30.3 Å². The first kappa shape index (κ1) is 21.1. The summed E-state index contributed by atoms with van der Waals surface area (Å²) in [4.78, 5) is 15.8. The van der Waals surface area contributed by atoms with Gasteiger partial charge >= 0.3 is 0 Å². The molecule has 0 atom stereocenters. The summed E-state index contributed by atoms with van der Waals surface area (Å²) in [6.07, 6.45) is 2.41. The molecule has 1 heterocycles. The first-order chi connectivity index (χ1) is 14.9. The predicted octanol–water partition coefficient (Wildman–Crippen LogP) is 4.02. The molecule has 0 bridgehead atoms. The van der Waals surface area contributed by atoms with Gasteiger partial charge in [0.25, 0.3) is 15.9 Å². The summed E-state index contributed by atoms with van der Waals surface area (Å²) in [6.45, 7) is 2.97. The van der Waals surface area contributed by atoms with Crippen LogP contribution >= 0.6 is 0 Å². The van der Waals surface area contributed by atoms with E-state index in [9.17, 15) is 18.3 Å². The van der Waals surface area contributed by atoms with Crippen LogP contribution in [0.15, 0.2) is 83.8 Å². The van der Waals surface area contributed by atoms with Gasteiger partial charge in [-0.2, -0.15) is 4.31 Å². The van der Waals surface area contributed by atoms with Crippen molar-refractivity contribution in [2.75, 3.05) is 17.4 Å². The van der Waals surface area contributed by atoms with E-state index in [1.54, 1.807) is 30.3 Å². The maximum absolute atomic E-state index is 13.4. The maximum atomic E-state index is 13.4. The van der Waals surface area contributed by atoms with Gasteiger partial charge < -0.3 is 5.11 Å². The van der Waals surface area contributed by atoms with Crippen LogP contribution < -0.4 is 4.31 Å². The van der Waals surface area contributed by atoms with Crippen LogP contribution in [0, 0.1) is 0 Å². The molecule has 0 aliphatic carbocycles. The van der Waals surface area contributed by atoms with Crippen LogP contribution in [-0.2, 0) is 16.6 Å². The number of hydrogen-bond donors (Lipinski definition) is 1. The Hall–Kier alpha value is -3.16. The smallest absolute Gasteiger partial charge is 0.272 e. The summed E-state index contributed by atoms with van der Waals surface area (Å²) in [5, 5.41) is 9.60. The van der Waals surface area contributed by atoms with Gasteiger partial charge in [0, 0.05) is 12.1 Å². The fraction of sp³-hybridized carbons (Fsp3) is 0.208. The molecule has 160 valence electrons. The number of likely N-dealkylation sites (tertiary alicyclic amines) is 1. The molecule has 1 aliphatic heterocycles. The lowest BCUT2D eigenvalue weighted by Gasteiger charge is -2.23. The molecule has 1 aliphatic rings. The molecule has 0 saturated carbocycles. The first-order valence-corrected chi connectivity index (χ1v) is 11.6. The molecule has 1 N–H and O–H groups in total. The van der Waals surface area contributed by atoms with Gasteiger partial charge in [-0.15, -0.1) is 0 Å². The van der Waals surface area contributed by atoms with Crippen LogP contribution in [0.2, 0.25) is 0 Å². The summed E-state index contributed by atoms with van der Waals surface area (Å²) in [5.74, 6) is -0.665. The van der Waals surface area contributed by atoms with E-state index < -0.39 is 15.9 Å². The highest BCUT2D eigenvalue weighted by Crippen LogP contribution is 2.27. The summed E-state index contributed by atoms with van der Waals surface area (Å²) < 4.78 is 27.5. The van der Waals surface area contributed by atoms with Crippen LogP contribution in [-0.4, -0.2) is 37.4 Å². The molecular weight excluding hydrogens is 412 g/mol. The van der Waals surface area contributed by atoms with Crippen molar-refractivity contribution >= 4 is 21.6 Å². The molecule has 0 radical (unpaired) electrons. The van der Waals surface area contributed by atoms with Crippen molar-refractivity contribution in [1.29, 1.82) is 0 Å². The molecular formula is C24H24N2O4S. The number of benzene rings is 3. The quantitative estimate of drug-likeness (QED) is 0.631. The fourth-order valence-corrected chi connectivity index (χ4v) is 5.15. The van der Waals surface area contributed by atoms with E-state index in [0.717, 1.165) is 29.5 Å². The average Bonchev–Trinajstić information content (AvgIpc) is 3.29. The Bertz CT molecular complexity index is 1140. The topological polar surface area (TPSA) is 77.9 Å². The number of nitrogens with zero attached hydrogens (tertiary/aromatic N) is 2. The van der Waals surface area contributed by atoms with Gasteiger partial charge in [0.15, 0.2) is 0 Å². The Morgan fingerprint density at radius 2 is 1.48 bits per heavy atom. The van der Waals surface area contributed by atoms with Crippen molar-refractivity contribution in [3.63, 3.8) is 0 Å². The molecule has 7 heteroatoms. The van der Waals surface area contributed by atoms with E-state index in [1.807, 2.05) is 12.1 Å². The summed E-state index contributed by atoms with van der Waals surface area (Å²) in [6, 6.07) is 20.5. The monoisotopic (exact) mass is 436 g/mol. The number of phenols is 1. The van der Waals surface area contributed by atoms with Crippen molar-refractivity contribution in [3.8, 4) is 5.75 Å². The van der Waals surface area contributed by atoms with E-state index in [2.05, 4.69) is 4.90 Å². The molecule has 0 spiro atoms. The number of rotatable bonds is 6. The number of carbonyl (C=O) groups is 1. The van der Waals surface area contributed by atoms with E-state index in [-0.39, 0.29) is 21.9 Å². The molecule has 4 rings (SSSR count). The minimum atomic E-state index is -4.15. The van der Waals surface area contributed by atoms with Crippen molar-refractivity contribution in [3.05, 3.63) is 90.0 Å². The van der Waals surface area contributed by atoms with Crippen molar-refractivity contribution in [1.82, 2.24) is 4.90 Å². The molecule has 1 saturated heterocycles. The lowest BCUT2D eigenvalue weighted by Crippen LogP contribution is -2.37. The third kappa shape index (κ3) is 4.62. The highest BCUT2D eigenvalue weighted by atomic mass is 32.2. The molecule has 0 unspecified atom stereocenters. The van der Waals surface area contributed by atoms with Gasteiger partial charge in [-0.3, -0.25) is 9.69 Å². The zero-order chi connectivity index (χ0) is 21.8. The van der Waals surface area contributed by atoms with Crippen LogP contribution in [0.25, 0.3) is 0 Å². The largest absolute Gasteiger partial charge is 0.508 e. The molecule has 1 amide bonds. The SMILES string of the molecule is O=C(c1ccc(CN2CCCC2)cc1)N(c1ccc(O)cc1)S(=O)(=O)c1ccccc1. The van der Waals surface area contributed by atoms with Crippen LogP contribution in [0.3, 0.4) is 0 Å². The number of hydrogen-bond acceptors (Lipinski definition) is 5. The second kappa shape index (κ2) is 8.91. The van der Waals surface area contributed by atoms with Gasteiger partial charge in [0.05, 0.1) is 10.6 Å². The second-order valence-corrected chi connectivity index (χ2v) is 9.37. The van der Waals surface area contributed by atoms with Crippen LogP contribution in [0.5, 0.6) is 5.75 Å². The number of aromatic hydroxyl groups is 1. The van der Waals surface area contributed by atoms with Crippen molar-refractivity contribution in [2.24, 2.45) is 0 Å². The van der Waals surface area contributed by atoms with Crippen molar-refractivity contribution < 1.29 is 18.3 Å². The molecule has 3 aromatic rings. The van der Waals surface area contributed by atoms with E-state index in [0.29, 0.717) is 0 Å². The number of carbonyl (C=O) groups excluding carboxylic acids is 1. The zero-order valence-electron chi connectivity index (χ0n) is 17.0. The standard InChI is InChI=1S/C24H24N2O4S/c27-22-14-12-21(13-15-22)26(31(29,30)23-6-2-1-3-7-23)24(28)20-10-8-19(9-11-20)18-25-16-4-5-17-25/h1-3,6-15,27H,4-5,16-18H2. The Kier molecular flexibility index (Phi) is 6.06. The van der Waals surface area contributed by atoms with E-state index in [4.69, 9.17) is 0 Å². The van der Waals surface area contributed by atoms with Crippen LogP contribution in [0.1, 0.15) is 28.8 Å². The third-order valence-corrected chi connectivity index (χ3v) is 7.08. The summed E-state index contributed by atoms with van der Waals surface area (Å²) >= 11 is 0. The average molecular weight is 437 g/mol. The highest BCUT2D eigenvalue weighted by Gasteiger charge is 2.31. The van der Waals surface area contributed by atoms with Crippen LogP contribution in [0.4, 0.5) is 5.69 Å². The fourth-order valence-electron chi connectivity index (χ4n) is 3.72. The van der Waals surface area contributed by atoms with Gasteiger partial charge in [0.1, 0.15) is 5.75 Å². The molecule has 3 aromatic carbocycles. The number of phenolic OH excluding ortho intramolecular Hbond substituents is 1. The lowest BCUT2D eigenvalue weighted by atomic mass is 10.1. The van der Waals surface area contributed by atoms with E-state index in [1.165, 1.54) is 49.2 Å². The Morgan fingerprint density at radius 3 is 2.10 bits per heavy atom. The summed E-state index contributed by atoms with van der Waals surface area (Å²) in [5.41, 5.74) is 1.52. The van der Waals surface area contributed by atoms with Gasteiger partial charge in [-0.05, 0) is 80.0 Å². The van der Waals surface area contributed by atoms with Gasteiger partial charge in [-0.25, -0.2) is 8.42 Å². The van der Waals surface area contributed by atoms with Crippen molar-refractivity contribution in [2.45, 2.75) is 24.3 Å². The number of amides is 1. The third-order valence-electron chi connectivity index (χ3n) is 5.36. The van der Waals surface area contributed by atoms with E-state index >= 15 is 0 Å². The predicted molar refractivity (Wildman–Crippen MR) is 119 cm³/mol. The van der Waals surface area contributed by atoms with Gasteiger partial charge in [0.2, 0.25) is 0 Å². The Balaban J connectivity index is 1.68. The minimum Gasteiger partial charge on any atom is -0.508 e. The number of sulfonamides is 1. The zero-order valence-corrected chi connectivity index (χ0v) is 17.8. The first-order valence-electron chi connectivity index (χ1n) is 10.2. The highest BCUT2D eigenvalue weighted by molar-refractivity contribution is 7.93. The molecule has 6 nitrogen and oxygen atoms in total. The Morgan fingerprint density at radius 1 is 0.871 bits per heavy atom. The molecule has 1 fully saturated rings. The minimum absolute atomic E-state index is 0.0143.